The first-order valence-electron chi connectivity index (χ1n) is 9.37. The standard InChI is InChI=1S/C21H26N2O4S/c1-21(2)14-9-13(11-28(24,25)12-22)7-8-16(14)23-20-15(21)10-27-18-6-4-5-17(26-3)19(18)20/h4-9,15,20,23H,10-12,22H2,1-3H3. The fraction of sp³-hybridized carbons (Fsp3) is 0.429. The largest absolute Gasteiger partial charge is 0.496 e. The molecule has 4 rings (SSSR count). The molecule has 0 saturated heterocycles. The molecule has 0 fully saturated rings. The average Bonchev–Trinajstić information content (AvgIpc) is 2.67. The molecule has 2 aromatic rings. The molecule has 28 heavy (non-hydrogen) atoms. The predicted octanol–water partition coefficient (Wildman–Crippen LogP) is 2.98. The van der Waals surface area contributed by atoms with Crippen molar-refractivity contribution >= 4 is 15.5 Å². The van der Waals surface area contributed by atoms with E-state index in [-0.39, 0.29) is 29.0 Å². The number of nitrogens with one attached hydrogen (secondary N) is 1. The second-order valence-electron chi connectivity index (χ2n) is 8.07. The third-order valence-corrected chi connectivity index (χ3v) is 7.32. The molecule has 2 heterocycles. The van der Waals surface area contributed by atoms with Crippen molar-refractivity contribution < 1.29 is 17.9 Å². The summed E-state index contributed by atoms with van der Waals surface area (Å²) in [5.74, 6) is 1.43. The molecule has 0 radical (unpaired) electrons. The van der Waals surface area contributed by atoms with Crippen molar-refractivity contribution in [1.82, 2.24) is 0 Å². The second kappa shape index (κ2) is 6.67. The Morgan fingerprint density at radius 2 is 2.07 bits per heavy atom. The van der Waals surface area contributed by atoms with Crippen LogP contribution in [0.2, 0.25) is 0 Å². The van der Waals surface area contributed by atoms with Gasteiger partial charge in [-0.05, 0) is 29.3 Å². The first-order chi connectivity index (χ1) is 13.3. The van der Waals surface area contributed by atoms with Gasteiger partial charge in [-0.2, -0.15) is 0 Å². The van der Waals surface area contributed by atoms with E-state index in [1.807, 2.05) is 36.4 Å². The van der Waals surface area contributed by atoms with E-state index >= 15 is 0 Å². The monoisotopic (exact) mass is 402 g/mol. The third kappa shape index (κ3) is 3.02. The summed E-state index contributed by atoms with van der Waals surface area (Å²) < 4.78 is 35.6. The van der Waals surface area contributed by atoms with Crippen LogP contribution in [0, 0.1) is 5.92 Å². The highest BCUT2D eigenvalue weighted by atomic mass is 32.2. The van der Waals surface area contributed by atoms with Crippen molar-refractivity contribution in [2.45, 2.75) is 31.1 Å². The number of methoxy groups -OCH3 is 1. The van der Waals surface area contributed by atoms with Gasteiger partial charge in [0.25, 0.3) is 0 Å². The third-order valence-electron chi connectivity index (χ3n) is 6.03. The van der Waals surface area contributed by atoms with Crippen molar-refractivity contribution in [3.8, 4) is 11.5 Å². The zero-order valence-corrected chi connectivity index (χ0v) is 17.2. The minimum Gasteiger partial charge on any atom is -0.496 e. The van der Waals surface area contributed by atoms with Gasteiger partial charge in [0.05, 0.1) is 37.0 Å². The predicted molar refractivity (Wildman–Crippen MR) is 109 cm³/mol. The summed E-state index contributed by atoms with van der Waals surface area (Å²) in [5, 5.41) is 3.66. The lowest BCUT2D eigenvalue weighted by molar-refractivity contribution is 0.133. The SMILES string of the molecule is COc1cccc2c1C1Nc3ccc(CS(=O)(=O)CN)cc3C(C)(C)C1CO2. The molecule has 0 aromatic heterocycles. The summed E-state index contributed by atoms with van der Waals surface area (Å²) in [7, 11) is -1.62. The van der Waals surface area contributed by atoms with Gasteiger partial charge in [0.1, 0.15) is 11.5 Å². The smallest absolute Gasteiger partial charge is 0.167 e. The van der Waals surface area contributed by atoms with Crippen LogP contribution in [-0.2, 0) is 21.0 Å². The Balaban J connectivity index is 1.79. The van der Waals surface area contributed by atoms with E-state index in [1.165, 1.54) is 0 Å². The summed E-state index contributed by atoms with van der Waals surface area (Å²) in [5.41, 5.74) is 9.06. The molecule has 2 aliphatic heterocycles. The van der Waals surface area contributed by atoms with Crippen LogP contribution in [0.5, 0.6) is 11.5 Å². The summed E-state index contributed by atoms with van der Waals surface area (Å²) >= 11 is 0. The highest BCUT2D eigenvalue weighted by Crippen LogP contribution is 2.54. The van der Waals surface area contributed by atoms with Gasteiger partial charge >= 0.3 is 0 Å². The lowest BCUT2D eigenvalue weighted by atomic mass is 9.65. The summed E-state index contributed by atoms with van der Waals surface area (Å²) in [6.45, 7) is 4.96. The molecule has 2 aliphatic rings. The van der Waals surface area contributed by atoms with Crippen LogP contribution < -0.4 is 20.5 Å². The fourth-order valence-electron chi connectivity index (χ4n) is 4.43. The molecule has 3 N–H and O–H groups in total. The molecule has 7 heteroatoms. The molecule has 0 spiro atoms. The molecule has 0 aliphatic carbocycles. The van der Waals surface area contributed by atoms with Crippen LogP contribution in [0.1, 0.15) is 36.6 Å². The first kappa shape index (κ1) is 19.1. The van der Waals surface area contributed by atoms with Crippen LogP contribution in [-0.4, -0.2) is 28.0 Å². The summed E-state index contributed by atoms with van der Waals surface area (Å²) in [4.78, 5) is 0. The number of benzene rings is 2. The number of fused-ring (bicyclic) bond motifs is 4. The average molecular weight is 403 g/mol. The number of nitrogens with two attached hydrogens (primary N) is 1. The Hall–Kier alpha value is -2.25. The normalized spacial score (nSPS) is 22.1. The van der Waals surface area contributed by atoms with Crippen molar-refractivity contribution in [2.24, 2.45) is 11.7 Å². The molecule has 2 aromatic carbocycles. The minimum atomic E-state index is -3.29. The van der Waals surface area contributed by atoms with Crippen LogP contribution >= 0.6 is 0 Å². The lowest BCUT2D eigenvalue weighted by Crippen LogP contribution is -2.46. The molecule has 0 amide bonds. The first-order valence-corrected chi connectivity index (χ1v) is 11.2. The number of hydrogen-bond acceptors (Lipinski definition) is 6. The van der Waals surface area contributed by atoms with Crippen molar-refractivity contribution in [1.29, 1.82) is 0 Å². The number of ether oxygens (including phenoxy) is 2. The van der Waals surface area contributed by atoms with Gasteiger partial charge in [-0.1, -0.05) is 32.0 Å². The Kier molecular flexibility index (Phi) is 4.55. The van der Waals surface area contributed by atoms with Crippen LogP contribution in [0.3, 0.4) is 0 Å². The van der Waals surface area contributed by atoms with Gasteiger partial charge in [-0.3, -0.25) is 0 Å². The van der Waals surface area contributed by atoms with Crippen molar-refractivity contribution in [3.05, 3.63) is 53.1 Å². The maximum atomic E-state index is 12.0. The number of hydrogen-bond donors (Lipinski definition) is 2. The van der Waals surface area contributed by atoms with Crippen LogP contribution in [0.15, 0.2) is 36.4 Å². The number of rotatable bonds is 4. The molecule has 0 saturated carbocycles. The zero-order valence-electron chi connectivity index (χ0n) is 16.4. The maximum absolute atomic E-state index is 12.0. The summed E-state index contributed by atoms with van der Waals surface area (Å²) in [6, 6.07) is 11.7. The van der Waals surface area contributed by atoms with E-state index < -0.39 is 9.84 Å². The fourth-order valence-corrected chi connectivity index (χ4v) is 5.23. The highest BCUT2D eigenvalue weighted by Gasteiger charge is 2.47. The van der Waals surface area contributed by atoms with Gasteiger partial charge in [0.2, 0.25) is 0 Å². The van der Waals surface area contributed by atoms with Crippen LogP contribution in [0.4, 0.5) is 5.69 Å². The van der Waals surface area contributed by atoms with Crippen molar-refractivity contribution in [2.75, 3.05) is 24.9 Å². The Morgan fingerprint density at radius 3 is 2.79 bits per heavy atom. The Morgan fingerprint density at radius 1 is 1.29 bits per heavy atom. The van der Waals surface area contributed by atoms with Crippen LogP contribution in [0.25, 0.3) is 0 Å². The number of sulfone groups is 1. The maximum Gasteiger partial charge on any atom is 0.167 e. The quantitative estimate of drug-likeness (QED) is 0.817. The van der Waals surface area contributed by atoms with E-state index in [2.05, 4.69) is 19.2 Å². The molecule has 150 valence electrons. The van der Waals surface area contributed by atoms with Gasteiger partial charge in [-0.15, -0.1) is 0 Å². The van der Waals surface area contributed by atoms with E-state index in [0.29, 0.717) is 6.61 Å². The molecule has 6 nitrogen and oxygen atoms in total. The van der Waals surface area contributed by atoms with Gasteiger partial charge in [-0.25, -0.2) is 8.42 Å². The van der Waals surface area contributed by atoms with Gasteiger partial charge in [0.15, 0.2) is 9.84 Å². The Labute approximate surface area is 166 Å². The zero-order chi connectivity index (χ0) is 20.1. The van der Waals surface area contributed by atoms with E-state index in [0.717, 1.165) is 33.9 Å². The number of anilines is 1. The van der Waals surface area contributed by atoms with Crippen molar-refractivity contribution in [3.63, 3.8) is 0 Å². The molecule has 0 bridgehead atoms. The lowest BCUT2D eigenvalue weighted by Gasteiger charge is -2.48. The molecule has 2 unspecified atom stereocenters. The molecular formula is C21H26N2O4S. The topological polar surface area (TPSA) is 90.7 Å². The van der Waals surface area contributed by atoms with E-state index in [4.69, 9.17) is 15.2 Å². The minimum absolute atomic E-state index is 0.0475. The Bertz CT molecular complexity index is 1000. The molecular weight excluding hydrogens is 376 g/mol. The highest BCUT2D eigenvalue weighted by molar-refractivity contribution is 7.90. The van der Waals surface area contributed by atoms with E-state index in [1.54, 1.807) is 7.11 Å². The van der Waals surface area contributed by atoms with Gasteiger partial charge in [0, 0.05) is 17.0 Å². The summed E-state index contributed by atoms with van der Waals surface area (Å²) in [6.07, 6.45) is 0. The second-order valence-corrected chi connectivity index (χ2v) is 10.2. The van der Waals surface area contributed by atoms with Gasteiger partial charge < -0.3 is 20.5 Å². The molecule has 2 atom stereocenters. The van der Waals surface area contributed by atoms with E-state index in [9.17, 15) is 8.42 Å².